The van der Waals surface area contributed by atoms with Gasteiger partial charge in [-0.1, -0.05) is 29.6 Å². The molecule has 1 aliphatic rings. The van der Waals surface area contributed by atoms with Crippen LogP contribution in [-0.4, -0.2) is 20.5 Å². The van der Waals surface area contributed by atoms with E-state index in [-0.39, 0.29) is 11.8 Å². The van der Waals surface area contributed by atoms with Gasteiger partial charge in [-0.2, -0.15) is 4.68 Å². The highest BCUT2D eigenvalue weighted by atomic mass is 35.5. The second-order valence-electron chi connectivity index (χ2n) is 5.97. The SMILES string of the molecule is CC(C)Oc1cc(-n2nc3n(c2=O)CCCCC3)c(Cl)cc1Cl. The van der Waals surface area contributed by atoms with Crippen LogP contribution in [-0.2, 0) is 13.0 Å². The molecule has 124 valence electrons. The number of fused-ring (bicyclic) bond motifs is 1. The van der Waals surface area contributed by atoms with Gasteiger partial charge in [-0.25, -0.2) is 4.79 Å². The van der Waals surface area contributed by atoms with Crippen LogP contribution in [0.4, 0.5) is 0 Å². The van der Waals surface area contributed by atoms with E-state index in [4.69, 9.17) is 27.9 Å². The Kier molecular flexibility index (Phi) is 4.69. The van der Waals surface area contributed by atoms with Gasteiger partial charge in [-0.15, -0.1) is 5.10 Å². The molecule has 0 saturated carbocycles. The lowest BCUT2D eigenvalue weighted by Gasteiger charge is -2.13. The average molecular weight is 356 g/mol. The molecule has 0 bridgehead atoms. The highest BCUT2D eigenvalue weighted by Gasteiger charge is 2.19. The van der Waals surface area contributed by atoms with Gasteiger partial charge in [0, 0.05) is 19.0 Å². The molecule has 0 aliphatic carbocycles. The zero-order chi connectivity index (χ0) is 16.6. The molecular weight excluding hydrogens is 337 g/mol. The molecule has 0 spiro atoms. The smallest absolute Gasteiger partial charge is 0.350 e. The van der Waals surface area contributed by atoms with E-state index < -0.39 is 0 Å². The van der Waals surface area contributed by atoms with Crippen molar-refractivity contribution in [2.45, 2.75) is 52.2 Å². The van der Waals surface area contributed by atoms with Crippen LogP contribution in [0.1, 0.15) is 38.9 Å². The Balaban J connectivity index is 2.10. The fourth-order valence-corrected chi connectivity index (χ4v) is 3.27. The van der Waals surface area contributed by atoms with Gasteiger partial charge in [-0.3, -0.25) is 4.57 Å². The van der Waals surface area contributed by atoms with Crippen molar-refractivity contribution in [2.24, 2.45) is 0 Å². The molecule has 2 aromatic rings. The van der Waals surface area contributed by atoms with Crippen molar-refractivity contribution in [2.75, 3.05) is 0 Å². The molecule has 3 rings (SSSR count). The van der Waals surface area contributed by atoms with Gasteiger partial charge in [0.2, 0.25) is 0 Å². The molecule has 0 fully saturated rings. The van der Waals surface area contributed by atoms with Crippen molar-refractivity contribution in [3.63, 3.8) is 0 Å². The standard InChI is InChI=1S/C16H19Cl2N3O2/c1-10(2)23-14-9-13(11(17)8-12(14)18)21-16(22)20-7-5-3-4-6-15(20)19-21/h8-10H,3-7H2,1-2H3. The van der Waals surface area contributed by atoms with Crippen LogP contribution in [0, 0.1) is 0 Å². The van der Waals surface area contributed by atoms with E-state index in [1.165, 1.54) is 4.68 Å². The topological polar surface area (TPSA) is 49.0 Å². The summed E-state index contributed by atoms with van der Waals surface area (Å²) in [6.07, 6.45) is 3.94. The first-order valence-corrected chi connectivity index (χ1v) is 8.58. The summed E-state index contributed by atoms with van der Waals surface area (Å²) in [5.41, 5.74) is 0.332. The van der Waals surface area contributed by atoms with Crippen molar-refractivity contribution in [1.82, 2.24) is 14.3 Å². The fourth-order valence-electron chi connectivity index (χ4n) is 2.76. The number of benzene rings is 1. The Morgan fingerprint density at radius 3 is 2.70 bits per heavy atom. The fraction of sp³-hybridized carbons (Fsp3) is 0.500. The van der Waals surface area contributed by atoms with Gasteiger partial charge < -0.3 is 4.74 Å². The average Bonchev–Trinajstić information content (AvgIpc) is 2.67. The maximum absolute atomic E-state index is 12.7. The molecule has 23 heavy (non-hydrogen) atoms. The second kappa shape index (κ2) is 6.57. The summed E-state index contributed by atoms with van der Waals surface area (Å²) in [4.78, 5) is 12.7. The monoisotopic (exact) mass is 355 g/mol. The molecule has 0 radical (unpaired) electrons. The molecule has 1 aromatic carbocycles. The number of aromatic nitrogens is 3. The Morgan fingerprint density at radius 1 is 1.17 bits per heavy atom. The Hall–Kier alpha value is -1.46. The lowest BCUT2D eigenvalue weighted by Crippen LogP contribution is -2.24. The lowest BCUT2D eigenvalue weighted by molar-refractivity contribution is 0.242. The van der Waals surface area contributed by atoms with E-state index in [9.17, 15) is 4.79 Å². The molecule has 0 unspecified atom stereocenters. The number of rotatable bonds is 3. The highest BCUT2D eigenvalue weighted by Crippen LogP contribution is 2.33. The number of aryl methyl sites for hydroxylation is 1. The molecule has 0 amide bonds. The Morgan fingerprint density at radius 2 is 1.96 bits per heavy atom. The zero-order valence-electron chi connectivity index (χ0n) is 13.2. The van der Waals surface area contributed by atoms with Crippen molar-refractivity contribution >= 4 is 23.2 Å². The van der Waals surface area contributed by atoms with Crippen LogP contribution in [0.3, 0.4) is 0 Å². The van der Waals surface area contributed by atoms with Crippen molar-refractivity contribution < 1.29 is 4.74 Å². The third-order valence-electron chi connectivity index (χ3n) is 3.81. The quantitative estimate of drug-likeness (QED) is 0.839. The molecule has 0 N–H and O–H groups in total. The van der Waals surface area contributed by atoms with Crippen LogP contribution in [0.25, 0.3) is 5.69 Å². The first-order chi connectivity index (χ1) is 11.0. The minimum absolute atomic E-state index is 0.0306. The summed E-state index contributed by atoms with van der Waals surface area (Å²) in [6.45, 7) is 4.53. The molecule has 1 aliphatic heterocycles. The van der Waals surface area contributed by atoms with Crippen molar-refractivity contribution in [3.05, 3.63) is 38.5 Å². The van der Waals surface area contributed by atoms with E-state index in [2.05, 4.69) is 5.10 Å². The third kappa shape index (κ3) is 3.26. The highest BCUT2D eigenvalue weighted by molar-refractivity contribution is 6.36. The van der Waals surface area contributed by atoms with Crippen LogP contribution in [0.2, 0.25) is 10.0 Å². The maximum atomic E-state index is 12.7. The Bertz CT molecular complexity index is 780. The first kappa shape index (κ1) is 16.4. The summed E-state index contributed by atoms with van der Waals surface area (Å²) in [5.74, 6) is 1.31. The molecule has 1 aromatic heterocycles. The van der Waals surface area contributed by atoms with Crippen molar-refractivity contribution in [3.8, 4) is 11.4 Å². The van der Waals surface area contributed by atoms with E-state index in [1.807, 2.05) is 13.8 Å². The number of nitrogens with zero attached hydrogens (tertiary/aromatic N) is 3. The molecule has 7 heteroatoms. The zero-order valence-corrected chi connectivity index (χ0v) is 14.7. The second-order valence-corrected chi connectivity index (χ2v) is 6.79. The van der Waals surface area contributed by atoms with Gasteiger partial charge in [0.05, 0.1) is 21.8 Å². The number of ether oxygens (including phenoxy) is 1. The Labute approximate surface area is 144 Å². The van der Waals surface area contributed by atoms with Crippen molar-refractivity contribution in [1.29, 1.82) is 0 Å². The van der Waals surface area contributed by atoms with Crippen LogP contribution >= 0.6 is 23.2 Å². The normalized spacial score (nSPS) is 14.7. The van der Waals surface area contributed by atoms with Gasteiger partial charge in [-0.05, 0) is 32.8 Å². The first-order valence-electron chi connectivity index (χ1n) is 7.82. The molecule has 0 atom stereocenters. The number of halogens is 2. The molecular formula is C16H19Cl2N3O2. The van der Waals surface area contributed by atoms with Crippen LogP contribution in [0.15, 0.2) is 16.9 Å². The van der Waals surface area contributed by atoms with E-state index in [0.717, 1.165) is 31.5 Å². The summed E-state index contributed by atoms with van der Waals surface area (Å²) < 4.78 is 8.77. The largest absolute Gasteiger partial charge is 0.489 e. The minimum Gasteiger partial charge on any atom is -0.489 e. The lowest BCUT2D eigenvalue weighted by atomic mass is 10.2. The van der Waals surface area contributed by atoms with Gasteiger partial charge >= 0.3 is 5.69 Å². The van der Waals surface area contributed by atoms with E-state index in [1.54, 1.807) is 16.7 Å². The van der Waals surface area contributed by atoms with E-state index >= 15 is 0 Å². The predicted molar refractivity (Wildman–Crippen MR) is 91.2 cm³/mol. The summed E-state index contributed by atoms with van der Waals surface area (Å²) in [5, 5.41) is 5.27. The molecule has 0 saturated heterocycles. The van der Waals surface area contributed by atoms with Gasteiger partial charge in [0.1, 0.15) is 11.6 Å². The maximum Gasteiger partial charge on any atom is 0.350 e. The summed E-state index contributed by atoms with van der Waals surface area (Å²) in [7, 11) is 0. The number of hydrogen-bond donors (Lipinski definition) is 0. The molecule has 2 heterocycles. The van der Waals surface area contributed by atoms with Crippen LogP contribution < -0.4 is 10.4 Å². The van der Waals surface area contributed by atoms with E-state index in [0.29, 0.717) is 28.0 Å². The number of hydrogen-bond acceptors (Lipinski definition) is 3. The summed E-state index contributed by atoms with van der Waals surface area (Å²) in [6, 6.07) is 3.27. The minimum atomic E-state index is -0.165. The summed E-state index contributed by atoms with van der Waals surface area (Å²) >= 11 is 12.5. The van der Waals surface area contributed by atoms with Gasteiger partial charge in [0.25, 0.3) is 0 Å². The molecule has 5 nitrogen and oxygen atoms in total. The third-order valence-corrected chi connectivity index (χ3v) is 4.41. The van der Waals surface area contributed by atoms with Crippen LogP contribution in [0.5, 0.6) is 5.75 Å². The predicted octanol–water partition coefficient (Wildman–Crippen LogP) is 3.85. The van der Waals surface area contributed by atoms with Gasteiger partial charge in [0.15, 0.2) is 0 Å².